The summed E-state index contributed by atoms with van der Waals surface area (Å²) in [5, 5.41) is 3.04. The van der Waals surface area contributed by atoms with E-state index in [0.29, 0.717) is 30.8 Å². The lowest BCUT2D eigenvalue weighted by Crippen LogP contribution is -2.33. The van der Waals surface area contributed by atoms with Crippen LogP contribution in [0.15, 0.2) is 17.0 Å². The van der Waals surface area contributed by atoms with Crippen LogP contribution in [0, 0.1) is 12.7 Å². The largest absolute Gasteiger partial charge is 0.313 e. The number of sulfonamides is 1. The van der Waals surface area contributed by atoms with E-state index in [1.165, 1.54) is 16.4 Å². The second kappa shape index (κ2) is 6.42. The predicted octanol–water partition coefficient (Wildman–Crippen LogP) is 2.42. The Hall–Kier alpha value is -0.980. The fraction of sp³-hybridized carbons (Fsp3) is 0.600. The van der Waals surface area contributed by atoms with Crippen molar-refractivity contribution >= 4 is 10.0 Å². The molecule has 1 unspecified atom stereocenters. The molecule has 2 rings (SSSR count). The molecule has 0 aliphatic carbocycles. The van der Waals surface area contributed by atoms with Gasteiger partial charge in [0.25, 0.3) is 0 Å². The van der Waals surface area contributed by atoms with Crippen molar-refractivity contribution in [1.29, 1.82) is 0 Å². The van der Waals surface area contributed by atoms with Crippen LogP contribution >= 0.6 is 0 Å². The highest BCUT2D eigenvalue weighted by atomic mass is 32.2. The first kappa shape index (κ1) is 16.4. The molecule has 1 aliphatic rings. The summed E-state index contributed by atoms with van der Waals surface area (Å²) < 4.78 is 41.1. The van der Waals surface area contributed by atoms with E-state index < -0.39 is 10.0 Å². The SMILES string of the molecule is CCNCc1cc(S(=O)(=O)N2CCCC2C)cc(C)c1F. The van der Waals surface area contributed by atoms with Crippen molar-refractivity contribution in [1.82, 2.24) is 9.62 Å². The first-order valence-electron chi connectivity index (χ1n) is 7.39. The zero-order chi connectivity index (χ0) is 15.6. The normalized spacial score (nSPS) is 20.1. The van der Waals surface area contributed by atoms with Gasteiger partial charge in [-0.1, -0.05) is 6.92 Å². The van der Waals surface area contributed by atoms with E-state index in [9.17, 15) is 12.8 Å². The van der Waals surface area contributed by atoms with Gasteiger partial charge in [-0.2, -0.15) is 4.31 Å². The third-order valence-electron chi connectivity index (χ3n) is 3.97. The Morgan fingerprint density at radius 1 is 1.43 bits per heavy atom. The number of hydrogen-bond acceptors (Lipinski definition) is 3. The summed E-state index contributed by atoms with van der Waals surface area (Å²) in [5.41, 5.74) is 0.776. The van der Waals surface area contributed by atoms with Gasteiger partial charge in [-0.3, -0.25) is 0 Å². The van der Waals surface area contributed by atoms with Gasteiger partial charge in [-0.15, -0.1) is 0 Å². The average Bonchev–Trinajstić information content (AvgIpc) is 2.87. The highest BCUT2D eigenvalue weighted by Crippen LogP contribution is 2.28. The van der Waals surface area contributed by atoms with Crippen LogP contribution in [0.25, 0.3) is 0 Å². The molecule has 1 atom stereocenters. The van der Waals surface area contributed by atoms with E-state index in [1.807, 2.05) is 13.8 Å². The van der Waals surface area contributed by atoms with Gasteiger partial charge in [0.05, 0.1) is 4.90 Å². The Morgan fingerprint density at radius 2 is 2.14 bits per heavy atom. The van der Waals surface area contributed by atoms with Gasteiger partial charge in [0.15, 0.2) is 0 Å². The Bertz CT molecular complexity index is 616. The minimum atomic E-state index is -3.54. The first-order valence-corrected chi connectivity index (χ1v) is 8.83. The van der Waals surface area contributed by atoms with Crippen molar-refractivity contribution in [3.63, 3.8) is 0 Å². The van der Waals surface area contributed by atoms with Crippen molar-refractivity contribution in [2.45, 2.75) is 51.1 Å². The molecule has 1 fully saturated rings. The van der Waals surface area contributed by atoms with Crippen molar-refractivity contribution in [3.8, 4) is 0 Å². The molecule has 1 aromatic rings. The molecule has 1 saturated heterocycles. The molecule has 4 nitrogen and oxygen atoms in total. The molecule has 118 valence electrons. The van der Waals surface area contributed by atoms with E-state index in [0.717, 1.165) is 12.8 Å². The highest BCUT2D eigenvalue weighted by molar-refractivity contribution is 7.89. The second-order valence-corrected chi connectivity index (χ2v) is 7.49. The summed E-state index contributed by atoms with van der Waals surface area (Å²) in [5.74, 6) is -0.329. The van der Waals surface area contributed by atoms with Crippen LogP contribution in [0.3, 0.4) is 0 Å². The fourth-order valence-electron chi connectivity index (χ4n) is 2.74. The number of rotatable bonds is 5. The third kappa shape index (κ3) is 3.27. The smallest absolute Gasteiger partial charge is 0.243 e. The Kier molecular flexibility index (Phi) is 5.01. The molecule has 6 heteroatoms. The van der Waals surface area contributed by atoms with Crippen LogP contribution in [-0.4, -0.2) is 31.9 Å². The van der Waals surface area contributed by atoms with Crippen LogP contribution < -0.4 is 5.32 Å². The molecule has 0 bridgehead atoms. The summed E-state index contributed by atoms with van der Waals surface area (Å²) in [6.45, 7) is 7.04. The number of nitrogens with zero attached hydrogens (tertiary/aromatic N) is 1. The second-order valence-electron chi connectivity index (χ2n) is 5.60. The topological polar surface area (TPSA) is 49.4 Å². The zero-order valence-electron chi connectivity index (χ0n) is 12.8. The summed E-state index contributed by atoms with van der Waals surface area (Å²) in [4.78, 5) is 0.197. The van der Waals surface area contributed by atoms with Crippen LogP contribution in [-0.2, 0) is 16.6 Å². The van der Waals surface area contributed by atoms with Gasteiger partial charge in [-0.25, -0.2) is 12.8 Å². The molecular formula is C15H23FN2O2S. The molecule has 0 saturated carbocycles. The number of hydrogen-bond donors (Lipinski definition) is 1. The van der Waals surface area contributed by atoms with E-state index in [1.54, 1.807) is 6.92 Å². The molecule has 0 amide bonds. The van der Waals surface area contributed by atoms with Crippen molar-refractivity contribution in [3.05, 3.63) is 29.1 Å². The maximum Gasteiger partial charge on any atom is 0.243 e. The Morgan fingerprint density at radius 3 is 2.71 bits per heavy atom. The monoisotopic (exact) mass is 314 g/mol. The van der Waals surface area contributed by atoms with Gasteiger partial charge in [0, 0.05) is 24.7 Å². The lowest BCUT2D eigenvalue weighted by atomic mass is 10.1. The minimum absolute atomic E-state index is 0.0116. The zero-order valence-corrected chi connectivity index (χ0v) is 13.6. The van der Waals surface area contributed by atoms with E-state index in [4.69, 9.17) is 0 Å². The average molecular weight is 314 g/mol. The van der Waals surface area contributed by atoms with E-state index in [2.05, 4.69) is 5.32 Å². The maximum absolute atomic E-state index is 14.1. The lowest BCUT2D eigenvalue weighted by Gasteiger charge is -2.22. The molecule has 1 N–H and O–H groups in total. The maximum atomic E-state index is 14.1. The number of halogens is 1. The predicted molar refractivity (Wildman–Crippen MR) is 81.1 cm³/mol. The Balaban J connectivity index is 2.41. The van der Waals surface area contributed by atoms with E-state index >= 15 is 0 Å². The Labute approximate surface area is 126 Å². The van der Waals surface area contributed by atoms with Gasteiger partial charge < -0.3 is 5.32 Å². The third-order valence-corrected chi connectivity index (χ3v) is 5.96. The van der Waals surface area contributed by atoms with Gasteiger partial charge >= 0.3 is 0 Å². The van der Waals surface area contributed by atoms with Crippen molar-refractivity contribution in [2.75, 3.05) is 13.1 Å². The molecule has 1 heterocycles. The van der Waals surface area contributed by atoms with Crippen molar-refractivity contribution in [2.24, 2.45) is 0 Å². The molecule has 0 spiro atoms. The van der Waals surface area contributed by atoms with Crippen LogP contribution in [0.4, 0.5) is 4.39 Å². The number of benzene rings is 1. The fourth-order valence-corrected chi connectivity index (χ4v) is 4.58. The molecule has 0 radical (unpaired) electrons. The van der Waals surface area contributed by atoms with Crippen LogP contribution in [0.1, 0.15) is 37.8 Å². The number of aryl methyl sites for hydroxylation is 1. The molecular weight excluding hydrogens is 291 g/mol. The summed E-state index contributed by atoms with van der Waals surface area (Å²) >= 11 is 0. The number of nitrogens with one attached hydrogen (secondary N) is 1. The van der Waals surface area contributed by atoms with Gasteiger partial charge in [0.2, 0.25) is 10.0 Å². The quantitative estimate of drug-likeness (QED) is 0.908. The molecule has 1 aliphatic heterocycles. The standard InChI is InChI=1S/C15H23FN2O2S/c1-4-17-10-13-9-14(8-11(2)15(13)16)21(19,20)18-7-5-6-12(18)3/h8-9,12,17H,4-7,10H2,1-3H3. The lowest BCUT2D eigenvalue weighted by molar-refractivity contribution is 0.408. The minimum Gasteiger partial charge on any atom is -0.313 e. The first-order chi connectivity index (χ1) is 9.87. The highest BCUT2D eigenvalue weighted by Gasteiger charge is 2.33. The van der Waals surface area contributed by atoms with Gasteiger partial charge in [0.1, 0.15) is 5.82 Å². The summed E-state index contributed by atoms with van der Waals surface area (Å²) in [7, 11) is -3.54. The van der Waals surface area contributed by atoms with Gasteiger partial charge in [-0.05, 0) is 50.9 Å². The molecule has 0 aromatic heterocycles. The molecule has 1 aromatic carbocycles. The van der Waals surface area contributed by atoms with E-state index in [-0.39, 0.29) is 16.8 Å². The van der Waals surface area contributed by atoms with Crippen molar-refractivity contribution < 1.29 is 12.8 Å². The molecule has 21 heavy (non-hydrogen) atoms. The van der Waals surface area contributed by atoms with Crippen LogP contribution in [0.5, 0.6) is 0 Å². The van der Waals surface area contributed by atoms with Crippen LogP contribution in [0.2, 0.25) is 0 Å². The summed E-state index contributed by atoms with van der Waals surface area (Å²) in [6, 6.07) is 2.91. The summed E-state index contributed by atoms with van der Waals surface area (Å²) in [6.07, 6.45) is 1.76.